The Morgan fingerprint density at radius 3 is 3.00 bits per heavy atom. The van der Waals surface area contributed by atoms with Crippen molar-refractivity contribution in [2.45, 2.75) is 12.5 Å². The van der Waals surface area contributed by atoms with Crippen LogP contribution in [0.1, 0.15) is 6.42 Å². The summed E-state index contributed by atoms with van der Waals surface area (Å²) in [5, 5.41) is 11.5. The fourth-order valence-electron chi connectivity index (χ4n) is 1.27. The molecule has 1 aliphatic heterocycles. The molecule has 0 spiro atoms. The van der Waals surface area contributed by atoms with Crippen LogP contribution in [-0.2, 0) is 0 Å². The molecule has 0 atom stereocenters. The van der Waals surface area contributed by atoms with Gasteiger partial charge in [0.05, 0.1) is 0 Å². The fourth-order valence-corrected chi connectivity index (χ4v) is 2.81. The molecule has 0 bridgehead atoms. The summed E-state index contributed by atoms with van der Waals surface area (Å²) in [6.07, 6.45) is 1.24. The minimum atomic E-state index is -0.728. The third-order valence-corrected chi connectivity index (χ3v) is 5.17. The number of nitrogens with zero attached hydrogens (tertiary/aromatic N) is 1. The highest BCUT2D eigenvalue weighted by atomic mass is 79.9. The zero-order valence-corrected chi connectivity index (χ0v) is 10.0. The SMILES string of the molecule is O=C1NCCN1CCC[Si](Br)CO. The number of urea groups is 1. The lowest BCUT2D eigenvalue weighted by atomic mass is 10.4. The molecule has 1 heterocycles. The highest BCUT2D eigenvalue weighted by Gasteiger charge is 2.18. The summed E-state index contributed by atoms with van der Waals surface area (Å²) in [6.45, 7) is 2.40. The molecule has 6 heteroatoms. The Morgan fingerprint density at radius 1 is 1.69 bits per heavy atom. The first kappa shape index (κ1) is 11.0. The van der Waals surface area contributed by atoms with Gasteiger partial charge in [0.2, 0.25) is 0 Å². The zero-order chi connectivity index (χ0) is 9.68. The molecule has 1 rings (SSSR count). The lowest BCUT2D eigenvalue weighted by molar-refractivity contribution is 0.217. The molecule has 0 aromatic heterocycles. The number of nitrogens with one attached hydrogen (secondary N) is 1. The second-order valence-electron chi connectivity index (χ2n) is 3.00. The lowest BCUT2D eigenvalue weighted by Crippen LogP contribution is -2.29. The average molecular weight is 266 g/mol. The number of amides is 2. The van der Waals surface area contributed by atoms with Crippen LogP contribution in [0.4, 0.5) is 4.79 Å². The van der Waals surface area contributed by atoms with E-state index in [0.717, 1.165) is 32.1 Å². The van der Waals surface area contributed by atoms with Gasteiger partial charge in [-0.1, -0.05) is 0 Å². The van der Waals surface area contributed by atoms with Crippen LogP contribution in [0.25, 0.3) is 0 Å². The van der Waals surface area contributed by atoms with Crippen LogP contribution in [0.3, 0.4) is 0 Å². The molecule has 0 aliphatic carbocycles. The van der Waals surface area contributed by atoms with E-state index in [9.17, 15) is 4.79 Å². The molecular formula is C7H14BrN2O2Si. The smallest absolute Gasteiger partial charge is 0.317 e. The topological polar surface area (TPSA) is 52.6 Å². The molecule has 0 aromatic rings. The van der Waals surface area contributed by atoms with Crippen LogP contribution in [-0.4, -0.2) is 49.3 Å². The Labute approximate surface area is 87.5 Å². The van der Waals surface area contributed by atoms with Crippen molar-refractivity contribution in [3.63, 3.8) is 0 Å². The maximum Gasteiger partial charge on any atom is 0.317 e. The van der Waals surface area contributed by atoms with E-state index in [1.165, 1.54) is 0 Å². The average Bonchev–Trinajstić information content (AvgIpc) is 2.52. The Morgan fingerprint density at radius 2 is 2.46 bits per heavy atom. The number of carbonyl (C=O) groups excluding carboxylic acids is 1. The second-order valence-corrected chi connectivity index (χ2v) is 8.21. The molecule has 1 saturated heterocycles. The highest BCUT2D eigenvalue weighted by molar-refractivity contribution is 9.24. The Balaban J connectivity index is 2.08. The minimum Gasteiger partial charge on any atom is -0.399 e. The van der Waals surface area contributed by atoms with Crippen molar-refractivity contribution in [1.82, 2.24) is 10.2 Å². The summed E-state index contributed by atoms with van der Waals surface area (Å²) < 4.78 is 0. The van der Waals surface area contributed by atoms with Crippen molar-refractivity contribution < 1.29 is 9.90 Å². The van der Waals surface area contributed by atoms with Gasteiger partial charge in [0.25, 0.3) is 0 Å². The number of halogens is 1. The molecule has 1 radical (unpaired) electrons. The van der Waals surface area contributed by atoms with Crippen LogP contribution in [0.2, 0.25) is 6.04 Å². The standard InChI is InChI=1S/C7H14BrN2O2Si/c8-13(6-11)5-1-3-10-4-2-9-7(10)12/h11H,1-6H2,(H,9,12). The Hall–Kier alpha value is -0.0731. The Bertz CT molecular complexity index is 182. The number of aliphatic hydroxyl groups is 1. The van der Waals surface area contributed by atoms with E-state index in [2.05, 4.69) is 20.6 Å². The van der Waals surface area contributed by atoms with Crippen molar-refractivity contribution in [3.8, 4) is 0 Å². The highest BCUT2D eigenvalue weighted by Crippen LogP contribution is 2.06. The maximum atomic E-state index is 11.1. The molecule has 1 fully saturated rings. The van der Waals surface area contributed by atoms with E-state index in [4.69, 9.17) is 5.11 Å². The first-order valence-corrected chi connectivity index (χ1v) is 8.55. The van der Waals surface area contributed by atoms with Crippen molar-refractivity contribution in [2.75, 3.05) is 25.9 Å². The van der Waals surface area contributed by atoms with E-state index in [1.54, 1.807) is 0 Å². The van der Waals surface area contributed by atoms with Crippen LogP contribution in [0, 0.1) is 0 Å². The number of hydrogen-bond acceptors (Lipinski definition) is 2. The van der Waals surface area contributed by atoms with Crippen LogP contribution >= 0.6 is 15.3 Å². The number of aliphatic hydroxyl groups excluding tert-OH is 1. The third-order valence-electron chi connectivity index (χ3n) is 1.99. The molecule has 0 saturated carbocycles. The molecule has 75 valence electrons. The third kappa shape index (κ3) is 3.66. The van der Waals surface area contributed by atoms with Crippen LogP contribution in [0.5, 0.6) is 0 Å². The molecule has 2 N–H and O–H groups in total. The first-order chi connectivity index (χ1) is 6.24. The number of rotatable bonds is 5. The summed E-state index contributed by atoms with van der Waals surface area (Å²) in [4.78, 5) is 12.9. The van der Waals surface area contributed by atoms with Gasteiger partial charge >= 0.3 is 6.03 Å². The lowest BCUT2D eigenvalue weighted by Gasteiger charge is -2.13. The second kappa shape index (κ2) is 5.61. The predicted molar refractivity (Wildman–Crippen MR) is 56.2 cm³/mol. The van der Waals surface area contributed by atoms with Gasteiger partial charge in [-0.2, -0.15) is 0 Å². The van der Waals surface area contributed by atoms with Gasteiger partial charge in [-0.3, -0.25) is 0 Å². The summed E-state index contributed by atoms with van der Waals surface area (Å²) >= 11 is 3.43. The first-order valence-electron chi connectivity index (χ1n) is 4.38. The van der Waals surface area contributed by atoms with Gasteiger partial charge in [-0.25, -0.2) is 4.79 Å². The van der Waals surface area contributed by atoms with Crippen LogP contribution < -0.4 is 5.32 Å². The number of carbonyl (C=O) groups is 1. The summed E-state index contributed by atoms with van der Waals surface area (Å²) in [7, 11) is -0.728. The largest absolute Gasteiger partial charge is 0.399 e. The summed E-state index contributed by atoms with van der Waals surface area (Å²) in [5.74, 6) is 0. The van der Waals surface area contributed by atoms with Gasteiger partial charge in [0, 0.05) is 25.9 Å². The molecule has 0 aromatic carbocycles. The van der Waals surface area contributed by atoms with E-state index in [0.29, 0.717) is 0 Å². The number of hydrogen-bond donors (Lipinski definition) is 2. The zero-order valence-electron chi connectivity index (χ0n) is 7.42. The van der Waals surface area contributed by atoms with Gasteiger partial charge in [-0.15, -0.1) is 15.3 Å². The minimum absolute atomic E-state index is 0.0485. The van der Waals surface area contributed by atoms with Gasteiger partial charge < -0.3 is 15.3 Å². The summed E-state index contributed by atoms with van der Waals surface area (Å²) in [6, 6.07) is 1.05. The molecular weight excluding hydrogens is 252 g/mol. The van der Waals surface area contributed by atoms with E-state index in [1.807, 2.05) is 4.90 Å². The molecule has 4 nitrogen and oxygen atoms in total. The van der Waals surface area contributed by atoms with E-state index < -0.39 is 7.42 Å². The molecule has 13 heavy (non-hydrogen) atoms. The summed E-state index contributed by atoms with van der Waals surface area (Å²) in [5.41, 5.74) is 0. The molecule has 2 amide bonds. The van der Waals surface area contributed by atoms with Gasteiger partial charge in [0.1, 0.15) is 0 Å². The van der Waals surface area contributed by atoms with Gasteiger partial charge in [0.15, 0.2) is 7.42 Å². The monoisotopic (exact) mass is 265 g/mol. The molecule has 0 unspecified atom stereocenters. The van der Waals surface area contributed by atoms with Crippen molar-refractivity contribution in [3.05, 3.63) is 0 Å². The van der Waals surface area contributed by atoms with Crippen molar-refractivity contribution in [1.29, 1.82) is 0 Å². The quantitative estimate of drug-likeness (QED) is 0.556. The van der Waals surface area contributed by atoms with Crippen molar-refractivity contribution >= 4 is 28.7 Å². The maximum absolute atomic E-state index is 11.1. The molecule has 1 aliphatic rings. The van der Waals surface area contributed by atoms with Crippen LogP contribution in [0.15, 0.2) is 0 Å². The van der Waals surface area contributed by atoms with Gasteiger partial charge in [-0.05, 0) is 12.5 Å². The Kier molecular flexibility index (Phi) is 4.75. The predicted octanol–water partition coefficient (Wildman–Crippen LogP) is 0.320. The normalized spacial score (nSPS) is 16.8. The van der Waals surface area contributed by atoms with E-state index >= 15 is 0 Å². The van der Waals surface area contributed by atoms with E-state index in [-0.39, 0.29) is 12.3 Å². The van der Waals surface area contributed by atoms with Crippen molar-refractivity contribution in [2.24, 2.45) is 0 Å². The fraction of sp³-hybridized carbons (Fsp3) is 0.857.